The van der Waals surface area contributed by atoms with E-state index in [1.54, 1.807) is 0 Å². The third-order valence-corrected chi connectivity index (χ3v) is 4.90. The number of amides is 1. The number of carbonyl (C=O) groups is 1. The van der Waals surface area contributed by atoms with Gasteiger partial charge in [0.1, 0.15) is 0 Å². The lowest BCUT2D eigenvalue weighted by molar-refractivity contribution is -0.137. The highest BCUT2D eigenvalue weighted by atomic mass is 35.5. The van der Waals surface area contributed by atoms with Crippen LogP contribution in [-0.2, 0) is 4.79 Å². The van der Waals surface area contributed by atoms with Gasteiger partial charge in [-0.15, -0.1) is 0 Å². The van der Waals surface area contributed by atoms with Gasteiger partial charge in [0.25, 0.3) is 0 Å². The zero-order chi connectivity index (χ0) is 15.0. The normalized spacial score (nSPS) is 22.0. The largest absolute Gasteiger partial charge is 0.368 e. The van der Waals surface area contributed by atoms with Crippen molar-refractivity contribution in [2.75, 3.05) is 31.1 Å². The highest BCUT2D eigenvalue weighted by molar-refractivity contribution is 6.30. The van der Waals surface area contributed by atoms with Crippen molar-refractivity contribution in [1.29, 1.82) is 0 Å². The SMILES string of the molecule is CC(N)(C(=O)N1CCN(c2ccc(Cl)cc2)CC1)C1CC1. The second-order valence-corrected chi connectivity index (χ2v) is 6.75. The van der Waals surface area contributed by atoms with E-state index in [1.807, 2.05) is 36.1 Å². The molecule has 1 aliphatic heterocycles. The molecule has 0 aromatic heterocycles. The van der Waals surface area contributed by atoms with Crippen molar-refractivity contribution in [3.8, 4) is 0 Å². The summed E-state index contributed by atoms with van der Waals surface area (Å²) >= 11 is 5.92. The van der Waals surface area contributed by atoms with Crippen LogP contribution in [0, 0.1) is 5.92 Å². The van der Waals surface area contributed by atoms with Crippen molar-refractivity contribution in [1.82, 2.24) is 4.90 Å². The molecular weight excluding hydrogens is 286 g/mol. The molecule has 1 aromatic carbocycles. The molecule has 1 atom stereocenters. The molecule has 5 heteroatoms. The van der Waals surface area contributed by atoms with E-state index in [0.717, 1.165) is 49.7 Å². The van der Waals surface area contributed by atoms with Crippen molar-refractivity contribution in [2.24, 2.45) is 11.7 Å². The maximum Gasteiger partial charge on any atom is 0.242 e. The fourth-order valence-electron chi connectivity index (χ4n) is 3.02. The number of carbonyl (C=O) groups excluding carboxylic acids is 1. The average Bonchev–Trinajstić information content (AvgIpc) is 3.32. The molecule has 1 saturated heterocycles. The van der Waals surface area contributed by atoms with Crippen molar-refractivity contribution in [3.05, 3.63) is 29.3 Å². The molecule has 0 bridgehead atoms. The summed E-state index contributed by atoms with van der Waals surface area (Å²) in [7, 11) is 0. The minimum absolute atomic E-state index is 0.112. The summed E-state index contributed by atoms with van der Waals surface area (Å²) in [5.41, 5.74) is 6.72. The minimum atomic E-state index is -0.678. The Hall–Kier alpha value is -1.26. The number of anilines is 1. The summed E-state index contributed by atoms with van der Waals surface area (Å²) in [4.78, 5) is 16.8. The average molecular weight is 308 g/mol. The van der Waals surface area contributed by atoms with Crippen LogP contribution < -0.4 is 10.6 Å². The Bertz CT molecular complexity index is 517. The van der Waals surface area contributed by atoms with Gasteiger partial charge in [0, 0.05) is 36.9 Å². The molecule has 3 rings (SSSR count). The summed E-state index contributed by atoms with van der Waals surface area (Å²) in [6.07, 6.45) is 2.17. The van der Waals surface area contributed by atoms with E-state index in [-0.39, 0.29) is 5.91 Å². The molecule has 114 valence electrons. The van der Waals surface area contributed by atoms with Crippen LogP contribution in [0.4, 0.5) is 5.69 Å². The van der Waals surface area contributed by atoms with Gasteiger partial charge >= 0.3 is 0 Å². The van der Waals surface area contributed by atoms with Gasteiger partial charge in [-0.2, -0.15) is 0 Å². The summed E-state index contributed by atoms with van der Waals surface area (Å²) in [6, 6.07) is 7.85. The number of benzene rings is 1. The first-order valence-corrected chi connectivity index (χ1v) is 7.95. The number of halogens is 1. The van der Waals surface area contributed by atoms with Crippen LogP contribution in [0.25, 0.3) is 0 Å². The molecule has 0 spiro atoms. The molecule has 1 amide bonds. The smallest absolute Gasteiger partial charge is 0.242 e. The molecular formula is C16H22ClN3O. The predicted molar refractivity (Wildman–Crippen MR) is 85.6 cm³/mol. The monoisotopic (exact) mass is 307 g/mol. The first-order valence-electron chi connectivity index (χ1n) is 7.57. The Morgan fingerprint density at radius 1 is 1.19 bits per heavy atom. The van der Waals surface area contributed by atoms with Gasteiger partial charge in [-0.25, -0.2) is 0 Å². The summed E-state index contributed by atoms with van der Waals surface area (Å²) in [5.74, 6) is 0.486. The van der Waals surface area contributed by atoms with Crippen molar-refractivity contribution in [2.45, 2.75) is 25.3 Å². The van der Waals surface area contributed by atoms with Crippen LogP contribution in [-0.4, -0.2) is 42.5 Å². The Morgan fingerprint density at radius 2 is 1.76 bits per heavy atom. The number of piperazine rings is 1. The zero-order valence-corrected chi connectivity index (χ0v) is 13.1. The van der Waals surface area contributed by atoms with E-state index < -0.39 is 5.54 Å². The Balaban J connectivity index is 1.60. The lowest BCUT2D eigenvalue weighted by atomic mass is 9.95. The standard InChI is InChI=1S/C16H22ClN3O/c1-16(18,12-2-3-12)15(21)20-10-8-19(9-11-20)14-6-4-13(17)5-7-14/h4-7,12H,2-3,8-11,18H2,1H3. The highest BCUT2D eigenvalue weighted by Gasteiger charge is 2.46. The van der Waals surface area contributed by atoms with Gasteiger partial charge in [0.15, 0.2) is 0 Å². The summed E-state index contributed by atoms with van der Waals surface area (Å²) in [6.45, 7) is 5.04. The first kappa shape index (κ1) is 14.7. The maximum atomic E-state index is 12.6. The van der Waals surface area contributed by atoms with Gasteiger partial charge in [0.2, 0.25) is 5.91 Å². The van der Waals surface area contributed by atoms with Gasteiger partial charge in [-0.05, 0) is 49.9 Å². The molecule has 2 N–H and O–H groups in total. The Morgan fingerprint density at radius 3 is 2.29 bits per heavy atom. The molecule has 1 unspecified atom stereocenters. The first-order chi connectivity index (χ1) is 9.98. The molecule has 2 fully saturated rings. The van der Waals surface area contributed by atoms with E-state index in [2.05, 4.69) is 4.90 Å². The lowest BCUT2D eigenvalue weighted by Crippen LogP contribution is -2.59. The van der Waals surface area contributed by atoms with E-state index in [9.17, 15) is 4.79 Å². The van der Waals surface area contributed by atoms with Crippen molar-refractivity contribution >= 4 is 23.2 Å². The molecule has 2 aliphatic rings. The van der Waals surface area contributed by atoms with Crippen LogP contribution in [0.2, 0.25) is 5.02 Å². The number of nitrogens with zero attached hydrogens (tertiary/aromatic N) is 2. The third kappa shape index (κ3) is 3.01. The van der Waals surface area contributed by atoms with Crippen molar-refractivity contribution < 1.29 is 4.79 Å². The van der Waals surface area contributed by atoms with Crippen LogP contribution in [0.5, 0.6) is 0 Å². The molecule has 1 aromatic rings. The predicted octanol–water partition coefficient (Wildman–Crippen LogP) is 2.12. The van der Waals surface area contributed by atoms with Gasteiger partial charge in [0.05, 0.1) is 5.54 Å². The van der Waals surface area contributed by atoms with Crippen LogP contribution in [0.3, 0.4) is 0 Å². The minimum Gasteiger partial charge on any atom is -0.368 e. The molecule has 1 heterocycles. The Kier molecular flexibility index (Phi) is 3.84. The Labute approximate surface area is 130 Å². The van der Waals surface area contributed by atoms with Crippen molar-refractivity contribution in [3.63, 3.8) is 0 Å². The molecule has 1 aliphatic carbocycles. The number of hydrogen-bond acceptors (Lipinski definition) is 3. The molecule has 21 heavy (non-hydrogen) atoms. The van der Waals surface area contributed by atoms with Gasteiger partial charge < -0.3 is 15.5 Å². The van der Waals surface area contributed by atoms with E-state index in [4.69, 9.17) is 17.3 Å². The van der Waals surface area contributed by atoms with Crippen LogP contribution in [0.15, 0.2) is 24.3 Å². The molecule has 1 saturated carbocycles. The second kappa shape index (κ2) is 5.50. The second-order valence-electron chi connectivity index (χ2n) is 6.31. The highest BCUT2D eigenvalue weighted by Crippen LogP contribution is 2.39. The van der Waals surface area contributed by atoms with Gasteiger partial charge in [-0.1, -0.05) is 11.6 Å². The molecule has 0 radical (unpaired) electrons. The molecule has 4 nitrogen and oxygen atoms in total. The number of rotatable bonds is 3. The van der Waals surface area contributed by atoms with E-state index >= 15 is 0 Å². The summed E-state index contributed by atoms with van der Waals surface area (Å²) < 4.78 is 0. The zero-order valence-electron chi connectivity index (χ0n) is 12.4. The summed E-state index contributed by atoms with van der Waals surface area (Å²) in [5, 5.41) is 0.746. The van der Waals surface area contributed by atoms with Gasteiger partial charge in [-0.3, -0.25) is 4.79 Å². The van der Waals surface area contributed by atoms with Crippen LogP contribution in [0.1, 0.15) is 19.8 Å². The van der Waals surface area contributed by atoms with E-state index in [1.165, 1.54) is 0 Å². The topological polar surface area (TPSA) is 49.6 Å². The third-order valence-electron chi connectivity index (χ3n) is 4.64. The van der Waals surface area contributed by atoms with E-state index in [0.29, 0.717) is 5.92 Å². The van der Waals surface area contributed by atoms with Crippen LogP contribution >= 0.6 is 11.6 Å². The quantitative estimate of drug-likeness (QED) is 0.930. The number of nitrogens with two attached hydrogens (primary N) is 1. The number of hydrogen-bond donors (Lipinski definition) is 1. The fraction of sp³-hybridized carbons (Fsp3) is 0.562. The fourth-order valence-corrected chi connectivity index (χ4v) is 3.14. The lowest BCUT2D eigenvalue weighted by Gasteiger charge is -2.39. The maximum absolute atomic E-state index is 12.6.